The fraction of sp³-hybridized carbons (Fsp3) is 0.538. The van der Waals surface area contributed by atoms with Crippen LogP contribution in [0, 0.1) is 5.92 Å². The molecule has 0 fully saturated rings. The van der Waals surface area contributed by atoms with Gasteiger partial charge >= 0.3 is 0 Å². The number of nitrogens with one attached hydrogen (secondary N) is 1. The third kappa shape index (κ3) is 4.36. The summed E-state index contributed by atoms with van der Waals surface area (Å²) in [7, 11) is 0. The summed E-state index contributed by atoms with van der Waals surface area (Å²) in [4.78, 5) is 0. The normalized spacial score (nSPS) is 14.0. The average Bonchev–Trinajstić information content (AvgIpc) is 2.30. The van der Waals surface area contributed by atoms with Crippen molar-refractivity contribution in [3.63, 3.8) is 0 Å². The highest BCUT2D eigenvalue weighted by Crippen LogP contribution is 2.27. The molecule has 4 heteroatoms. The van der Waals surface area contributed by atoms with Crippen molar-refractivity contribution in [3.05, 3.63) is 35.9 Å². The van der Waals surface area contributed by atoms with E-state index in [4.69, 9.17) is 0 Å². The van der Waals surface area contributed by atoms with Crippen molar-refractivity contribution in [2.75, 3.05) is 11.9 Å². The Morgan fingerprint density at radius 1 is 1.24 bits per heavy atom. The lowest BCUT2D eigenvalue weighted by Gasteiger charge is -2.24. The number of rotatable bonds is 6. The van der Waals surface area contributed by atoms with Crippen LogP contribution in [0.5, 0.6) is 0 Å². The fourth-order valence-corrected chi connectivity index (χ4v) is 2.49. The highest BCUT2D eigenvalue weighted by atomic mass is 79.9. The molecule has 0 aliphatic carbocycles. The zero-order valence-corrected chi connectivity index (χ0v) is 11.7. The Kier molecular flexibility index (Phi) is 5.53. The first kappa shape index (κ1) is 14.6. The topological polar surface area (TPSA) is 12.0 Å². The first-order valence-corrected chi connectivity index (χ1v) is 6.82. The summed E-state index contributed by atoms with van der Waals surface area (Å²) in [5.74, 6) is -2.50. The van der Waals surface area contributed by atoms with Gasteiger partial charge in [-0.2, -0.15) is 8.78 Å². The maximum atomic E-state index is 13.8. The van der Waals surface area contributed by atoms with Crippen LogP contribution in [0.4, 0.5) is 8.78 Å². The summed E-state index contributed by atoms with van der Waals surface area (Å²) in [5.41, 5.74) is 0.0598. The van der Waals surface area contributed by atoms with Crippen molar-refractivity contribution in [1.29, 1.82) is 0 Å². The molecule has 0 heterocycles. The Morgan fingerprint density at radius 2 is 1.82 bits per heavy atom. The van der Waals surface area contributed by atoms with Crippen molar-refractivity contribution in [2.24, 2.45) is 5.92 Å². The molecule has 0 aliphatic rings. The second-order valence-electron chi connectivity index (χ2n) is 4.46. The van der Waals surface area contributed by atoms with Gasteiger partial charge in [-0.15, -0.1) is 0 Å². The van der Waals surface area contributed by atoms with Gasteiger partial charge in [-0.05, 0) is 5.92 Å². The van der Waals surface area contributed by atoms with Crippen LogP contribution in [0.3, 0.4) is 0 Å². The molecule has 1 aromatic carbocycles. The van der Waals surface area contributed by atoms with Gasteiger partial charge in [-0.1, -0.05) is 60.1 Å². The molecule has 96 valence electrons. The molecule has 0 amide bonds. The number of alkyl halides is 3. The second kappa shape index (κ2) is 6.45. The minimum atomic E-state index is -2.82. The summed E-state index contributed by atoms with van der Waals surface area (Å²) >= 11 is 3.33. The predicted octanol–water partition coefficient (Wildman–Crippen LogP) is 3.79. The zero-order chi connectivity index (χ0) is 12.9. The van der Waals surface area contributed by atoms with E-state index in [-0.39, 0.29) is 18.2 Å². The van der Waals surface area contributed by atoms with E-state index >= 15 is 0 Å². The van der Waals surface area contributed by atoms with E-state index in [1.165, 1.54) is 12.1 Å². The molecule has 0 spiro atoms. The van der Waals surface area contributed by atoms with Crippen LogP contribution in [-0.2, 0) is 5.92 Å². The molecule has 1 unspecified atom stereocenters. The van der Waals surface area contributed by atoms with Crippen molar-refractivity contribution in [2.45, 2.75) is 25.8 Å². The summed E-state index contributed by atoms with van der Waals surface area (Å²) in [5, 5.41) is 3.59. The lowest BCUT2D eigenvalue weighted by atomic mass is 10.0. The Hall–Kier alpha value is -0.480. The molecule has 0 aromatic heterocycles. The standard InChI is InChI=1S/C13H18BrF2N/c1-10(2)12(8-14)17-9-13(15,16)11-6-4-3-5-7-11/h3-7,10,12,17H,8-9H2,1-2H3. The molecule has 1 N–H and O–H groups in total. The van der Waals surface area contributed by atoms with Gasteiger partial charge in [0, 0.05) is 16.9 Å². The third-order valence-electron chi connectivity index (χ3n) is 2.75. The maximum absolute atomic E-state index is 13.8. The summed E-state index contributed by atoms with van der Waals surface area (Å²) < 4.78 is 27.7. The molecular formula is C13H18BrF2N. The van der Waals surface area contributed by atoms with Crippen molar-refractivity contribution in [3.8, 4) is 0 Å². The van der Waals surface area contributed by atoms with Gasteiger partial charge < -0.3 is 5.32 Å². The van der Waals surface area contributed by atoms with Crippen molar-refractivity contribution in [1.82, 2.24) is 5.32 Å². The smallest absolute Gasteiger partial charge is 0.285 e. The molecule has 0 bridgehead atoms. The van der Waals surface area contributed by atoms with Crippen LogP contribution in [0.1, 0.15) is 19.4 Å². The molecule has 1 atom stereocenters. The van der Waals surface area contributed by atoms with Gasteiger partial charge in [-0.25, -0.2) is 0 Å². The van der Waals surface area contributed by atoms with Gasteiger partial charge in [0.15, 0.2) is 0 Å². The molecular weight excluding hydrogens is 288 g/mol. The van der Waals surface area contributed by atoms with Crippen LogP contribution < -0.4 is 5.32 Å². The summed E-state index contributed by atoms with van der Waals surface area (Å²) in [6, 6.07) is 7.98. The van der Waals surface area contributed by atoms with Gasteiger partial charge in [0.25, 0.3) is 5.92 Å². The number of halogens is 3. The van der Waals surface area contributed by atoms with Crippen molar-refractivity contribution >= 4 is 15.9 Å². The maximum Gasteiger partial charge on any atom is 0.285 e. The lowest BCUT2D eigenvalue weighted by molar-refractivity contribution is -0.00626. The van der Waals surface area contributed by atoms with Crippen LogP contribution >= 0.6 is 15.9 Å². The van der Waals surface area contributed by atoms with E-state index in [0.717, 1.165) is 0 Å². The van der Waals surface area contributed by atoms with Crippen LogP contribution in [-0.4, -0.2) is 17.9 Å². The largest absolute Gasteiger partial charge is 0.307 e. The Morgan fingerprint density at radius 3 is 2.29 bits per heavy atom. The van der Waals surface area contributed by atoms with Gasteiger partial charge in [0.2, 0.25) is 0 Å². The molecule has 0 saturated carbocycles. The van der Waals surface area contributed by atoms with E-state index in [1.807, 2.05) is 13.8 Å². The summed E-state index contributed by atoms with van der Waals surface area (Å²) in [6.07, 6.45) is 0. The quantitative estimate of drug-likeness (QED) is 0.789. The fourth-order valence-electron chi connectivity index (χ4n) is 1.51. The SMILES string of the molecule is CC(C)C(CBr)NCC(F)(F)c1ccccc1. The molecule has 17 heavy (non-hydrogen) atoms. The van der Waals surface area contributed by atoms with Gasteiger partial charge in [-0.3, -0.25) is 0 Å². The van der Waals surface area contributed by atoms with Crippen LogP contribution in [0.15, 0.2) is 30.3 Å². The van der Waals surface area contributed by atoms with E-state index in [9.17, 15) is 8.78 Å². The minimum Gasteiger partial charge on any atom is -0.307 e. The van der Waals surface area contributed by atoms with Crippen LogP contribution in [0.25, 0.3) is 0 Å². The summed E-state index contributed by atoms with van der Waals surface area (Å²) in [6.45, 7) is 3.70. The molecule has 0 radical (unpaired) electrons. The first-order valence-electron chi connectivity index (χ1n) is 5.70. The number of hydrogen-bond donors (Lipinski definition) is 1. The minimum absolute atomic E-state index is 0.0598. The monoisotopic (exact) mass is 305 g/mol. The molecule has 1 nitrogen and oxygen atoms in total. The zero-order valence-electron chi connectivity index (χ0n) is 10.1. The highest BCUT2D eigenvalue weighted by molar-refractivity contribution is 9.09. The molecule has 0 saturated heterocycles. The Labute approximate surface area is 110 Å². The lowest BCUT2D eigenvalue weighted by Crippen LogP contribution is -2.41. The van der Waals surface area contributed by atoms with E-state index < -0.39 is 5.92 Å². The first-order chi connectivity index (χ1) is 7.97. The van der Waals surface area contributed by atoms with E-state index in [2.05, 4.69) is 21.2 Å². The van der Waals surface area contributed by atoms with Crippen LogP contribution in [0.2, 0.25) is 0 Å². The average molecular weight is 306 g/mol. The second-order valence-corrected chi connectivity index (χ2v) is 5.10. The number of benzene rings is 1. The van der Waals surface area contributed by atoms with Gasteiger partial charge in [0.05, 0.1) is 6.54 Å². The Bertz CT molecular complexity index is 327. The third-order valence-corrected chi connectivity index (χ3v) is 3.45. The Balaban J connectivity index is 2.61. The van der Waals surface area contributed by atoms with Gasteiger partial charge in [0.1, 0.15) is 0 Å². The van der Waals surface area contributed by atoms with E-state index in [0.29, 0.717) is 11.2 Å². The predicted molar refractivity (Wildman–Crippen MR) is 70.8 cm³/mol. The highest BCUT2D eigenvalue weighted by Gasteiger charge is 2.31. The molecule has 1 rings (SSSR count). The number of hydrogen-bond acceptors (Lipinski definition) is 1. The van der Waals surface area contributed by atoms with E-state index in [1.54, 1.807) is 18.2 Å². The molecule has 1 aromatic rings. The molecule has 0 aliphatic heterocycles. The van der Waals surface area contributed by atoms with Crippen molar-refractivity contribution < 1.29 is 8.78 Å².